The van der Waals surface area contributed by atoms with Crippen molar-refractivity contribution < 1.29 is 0 Å². The van der Waals surface area contributed by atoms with Gasteiger partial charge in [-0.1, -0.05) is 19.8 Å². The third kappa shape index (κ3) is 3.25. The van der Waals surface area contributed by atoms with Crippen molar-refractivity contribution in [1.82, 2.24) is 15.5 Å². The van der Waals surface area contributed by atoms with E-state index in [9.17, 15) is 0 Å². The molecule has 90 valence electrons. The Labute approximate surface area is 102 Å². The fraction of sp³-hybridized carbons (Fsp3) is 0.750. The standard InChI is InChI=1S/C12H21N3S/c1-2-16-12-6-4-3-5-11(12)13-9-10-7-8-14-15-10/h7-8,11-13H,2-6,9H2,1H3,(H,14,15)/t11-,12+/m1/s1. The van der Waals surface area contributed by atoms with E-state index in [0.29, 0.717) is 6.04 Å². The Kier molecular flexibility index (Phi) is 4.72. The van der Waals surface area contributed by atoms with Crippen LogP contribution in [0.3, 0.4) is 0 Å². The van der Waals surface area contributed by atoms with Crippen molar-refractivity contribution in [1.29, 1.82) is 0 Å². The lowest BCUT2D eigenvalue weighted by atomic mass is 9.95. The highest BCUT2D eigenvalue weighted by Crippen LogP contribution is 2.28. The lowest BCUT2D eigenvalue weighted by Gasteiger charge is -2.31. The van der Waals surface area contributed by atoms with Crippen LogP contribution in [0.4, 0.5) is 0 Å². The van der Waals surface area contributed by atoms with Crippen molar-refractivity contribution in [2.45, 2.75) is 50.4 Å². The van der Waals surface area contributed by atoms with Crippen LogP contribution in [0.15, 0.2) is 12.3 Å². The van der Waals surface area contributed by atoms with Crippen LogP contribution in [0.1, 0.15) is 38.3 Å². The number of hydrogen-bond acceptors (Lipinski definition) is 3. The number of nitrogens with one attached hydrogen (secondary N) is 2. The minimum atomic E-state index is 0.682. The minimum Gasteiger partial charge on any atom is -0.307 e. The van der Waals surface area contributed by atoms with E-state index in [1.54, 1.807) is 0 Å². The van der Waals surface area contributed by atoms with Gasteiger partial charge in [0.2, 0.25) is 0 Å². The van der Waals surface area contributed by atoms with E-state index in [1.807, 2.05) is 12.3 Å². The summed E-state index contributed by atoms with van der Waals surface area (Å²) in [5, 5.41) is 11.4. The van der Waals surface area contributed by atoms with Crippen molar-refractivity contribution in [3.8, 4) is 0 Å². The van der Waals surface area contributed by atoms with Crippen LogP contribution in [-0.2, 0) is 6.54 Å². The predicted octanol–water partition coefficient (Wildman–Crippen LogP) is 2.56. The maximum absolute atomic E-state index is 3.97. The molecule has 4 heteroatoms. The Hall–Kier alpha value is -0.480. The molecule has 1 aromatic rings. The molecule has 2 rings (SSSR count). The summed E-state index contributed by atoms with van der Waals surface area (Å²) in [4.78, 5) is 0. The van der Waals surface area contributed by atoms with Crippen LogP contribution in [0.2, 0.25) is 0 Å². The Morgan fingerprint density at radius 3 is 3.12 bits per heavy atom. The molecule has 3 nitrogen and oxygen atoms in total. The first kappa shape index (κ1) is 12.0. The highest BCUT2D eigenvalue weighted by atomic mass is 32.2. The first-order valence-electron chi connectivity index (χ1n) is 6.23. The van der Waals surface area contributed by atoms with Gasteiger partial charge in [-0.25, -0.2) is 0 Å². The Balaban J connectivity index is 1.81. The highest BCUT2D eigenvalue weighted by Gasteiger charge is 2.24. The molecule has 0 spiro atoms. The van der Waals surface area contributed by atoms with Gasteiger partial charge in [0.15, 0.2) is 0 Å². The quantitative estimate of drug-likeness (QED) is 0.829. The van der Waals surface area contributed by atoms with Crippen LogP contribution in [0, 0.1) is 0 Å². The van der Waals surface area contributed by atoms with Crippen molar-refractivity contribution in [2.75, 3.05) is 5.75 Å². The van der Waals surface area contributed by atoms with E-state index in [-0.39, 0.29) is 0 Å². The summed E-state index contributed by atoms with van der Waals surface area (Å²) in [6.45, 7) is 3.18. The van der Waals surface area contributed by atoms with Gasteiger partial charge >= 0.3 is 0 Å². The average molecular weight is 239 g/mol. The van der Waals surface area contributed by atoms with Gasteiger partial charge in [-0.3, -0.25) is 5.10 Å². The fourth-order valence-corrected chi connectivity index (χ4v) is 3.59. The SMILES string of the molecule is CCS[C@H]1CCCC[C@H]1NCc1ccn[nH]1. The van der Waals surface area contributed by atoms with Gasteiger partial charge < -0.3 is 5.32 Å². The zero-order chi connectivity index (χ0) is 11.2. The molecular formula is C12H21N3S. The summed E-state index contributed by atoms with van der Waals surface area (Å²) in [6, 6.07) is 2.72. The predicted molar refractivity (Wildman–Crippen MR) is 69.6 cm³/mol. The Bertz CT molecular complexity index is 284. The summed E-state index contributed by atoms with van der Waals surface area (Å²) < 4.78 is 0. The average Bonchev–Trinajstić information content (AvgIpc) is 2.81. The van der Waals surface area contributed by atoms with Gasteiger partial charge in [0.25, 0.3) is 0 Å². The molecule has 1 saturated carbocycles. The number of hydrogen-bond donors (Lipinski definition) is 2. The molecular weight excluding hydrogens is 218 g/mol. The monoisotopic (exact) mass is 239 g/mol. The minimum absolute atomic E-state index is 0.682. The molecule has 0 aromatic carbocycles. The smallest absolute Gasteiger partial charge is 0.0490 e. The van der Waals surface area contributed by atoms with Crippen LogP contribution in [-0.4, -0.2) is 27.2 Å². The summed E-state index contributed by atoms with van der Waals surface area (Å²) in [5.74, 6) is 1.23. The fourth-order valence-electron chi connectivity index (χ4n) is 2.37. The number of rotatable bonds is 5. The molecule has 1 aliphatic rings. The van der Waals surface area contributed by atoms with E-state index >= 15 is 0 Å². The molecule has 0 saturated heterocycles. The molecule has 1 aromatic heterocycles. The lowest BCUT2D eigenvalue weighted by Crippen LogP contribution is -2.40. The van der Waals surface area contributed by atoms with Gasteiger partial charge in [-0.15, -0.1) is 0 Å². The molecule has 0 unspecified atom stereocenters. The zero-order valence-electron chi connectivity index (χ0n) is 9.91. The first-order valence-corrected chi connectivity index (χ1v) is 7.28. The lowest BCUT2D eigenvalue weighted by molar-refractivity contribution is 0.381. The Morgan fingerprint density at radius 1 is 1.50 bits per heavy atom. The molecule has 16 heavy (non-hydrogen) atoms. The zero-order valence-corrected chi connectivity index (χ0v) is 10.7. The van der Waals surface area contributed by atoms with Crippen molar-refractivity contribution in [2.24, 2.45) is 0 Å². The second-order valence-corrected chi connectivity index (χ2v) is 5.86. The molecule has 0 amide bonds. The highest BCUT2D eigenvalue weighted by molar-refractivity contribution is 7.99. The molecule has 1 aliphatic carbocycles. The summed E-state index contributed by atoms with van der Waals surface area (Å²) >= 11 is 2.11. The molecule has 0 radical (unpaired) electrons. The third-order valence-electron chi connectivity index (χ3n) is 3.20. The van der Waals surface area contributed by atoms with Crippen molar-refractivity contribution in [3.05, 3.63) is 18.0 Å². The normalized spacial score (nSPS) is 25.8. The maximum Gasteiger partial charge on any atom is 0.0490 e. The van der Waals surface area contributed by atoms with Crippen LogP contribution < -0.4 is 5.32 Å². The molecule has 1 fully saturated rings. The number of aromatic nitrogens is 2. The van der Waals surface area contributed by atoms with E-state index < -0.39 is 0 Å². The van der Waals surface area contributed by atoms with E-state index in [1.165, 1.54) is 37.1 Å². The summed E-state index contributed by atoms with van der Waals surface area (Å²) in [5.41, 5.74) is 1.19. The van der Waals surface area contributed by atoms with Crippen molar-refractivity contribution >= 4 is 11.8 Å². The van der Waals surface area contributed by atoms with Gasteiger partial charge in [-0.05, 0) is 24.7 Å². The second-order valence-electron chi connectivity index (χ2n) is 4.35. The van der Waals surface area contributed by atoms with Crippen LogP contribution in [0.5, 0.6) is 0 Å². The largest absolute Gasteiger partial charge is 0.307 e. The molecule has 0 aliphatic heterocycles. The van der Waals surface area contributed by atoms with Gasteiger partial charge in [0.1, 0.15) is 0 Å². The van der Waals surface area contributed by atoms with E-state index in [2.05, 4.69) is 34.2 Å². The third-order valence-corrected chi connectivity index (χ3v) is 4.52. The van der Waals surface area contributed by atoms with Gasteiger partial charge in [0, 0.05) is 29.7 Å². The summed E-state index contributed by atoms with van der Waals surface area (Å²) in [7, 11) is 0. The number of nitrogens with zero attached hydrogens (tertiary/aromatic N) is 1. The number of thioether (sulfide) groups is 1. The maximum atomic E-state index is 3.97. The second kappa shape index (κ2) is 6.30. The summed E-state index contributed by atoms with van der Waals surface area (Å²) in [6.07, 6.45) is 7.29. The number of aromatic amines is 1. The van der Waals surface area contributed by atoms with Crippen LogP contribution in [0.25, 0.3) is 0 Å². The van der Waals surface area contributed by atoms with Gasteiger partial charge in [-0.2, -0.15) is 16.9 Å². The van der Waals surface area contributed by atoms with Gasteiger partial charge in [0.05, 0.1) is 0 Å². The Morgan fingerprint density at radius 2 is 2.38 bits per heavy atom. The topological polar surface area (TPSA) is 40.7 Å². The van der Waals surface area contributed by atoms with Crippen LogP contribution >= 0.6 is 11.8 Å². The molecule has 2 atom stereocenters. The molecule has 2 N–H and O–H groups in total. The van der Waals surface area contributed by atoms with Crippen molar-refractivity contribution in [3.63, 3.8) is 0 Å². The first-order chi connectivity index (χ1) is 7.90. The van der Waals surface area contributed by atoms with E-state index in [4.69, 9.17) is 0 Å². The molecule has 1 heterocycles. The van der Waals surface area contributed by atoms with E-state index in [0.717, 1.165) is 11.8 Å². The molecule has 0 bridgehead atoms. The number of H-pyrrole nitrogens is 1.